The van der Waals surface area contributed by atoms with Crippen molar-refractivity contribution in [2.75, 3.05) is 7.11 Å². The molecule has 0 spiro atoms. The van der Waals surface area contributed by atoms with Gasteiger partial charge < -0.3 is 9.84 Å². The Hall–Kier alpha value is -2.24. The van der Waals surface area contributed by atoms with E-state index in [1.165, 1.54) is 16.7 Å². The molecule has 2 nitrogen and oxygen atoms in total. The first-order valence-electron chi connectivity index (χ1n) is 11.8. The van der Waals surface area contributed by atoms with E-state index in [4.69, 9.17) is 4.74 Å². The quantitative estimate of drug-likeness (QED) is 0.213. The van der Waals surface area contributed by atoms with Crippen LogP contribution in [0.3, 0.4) is 0 Å². The molecule has 4 aromatic rings. The summed E-state index contributed by atoms with van der Waals surface area (Å²) in [5.41, 5.74) is 4.95. The van der Waals surface area contributed by atoms with Crippen LogP contribution < -0.4 is 0 Å². The molecule has 1 N–H and O–H groups in total. The fourth-order valence-electron chi connectivity index (χ4n) is 3.94. The van der Waals surface area contributed by atoms with E-state index < -0.39 is 0 Å². The van der Waals surface area contributed by atoms with Crippen LogP contribution >= 0.6 is 31.9 Å². The lowest BCUT2D eigenvalue weighted by Gasteiger charge is -2.15. The number of hydrogen-bond donors (Lipinski definition) is 1. The molecule has 0 aliphatic carbocycles. The minimum Gasteiger partial charge on any atom is -0.392 e. The first-order valence-corrected chi connectivity index (χ1v) is 13.4. The molecule has 0 unspecified atom stereocenters. The van der Waals surface area contributed by atoms with E-state index >= 15 is 0 Å². The number of aliphatic hydroxyl groups is 1. The Balaban J connectivity index is 0.000000196. The molecular formula is C31H32Br2O2. The third-order valence-corrected chi connectivity index (χ3v) is 6.65. The second kappa shape index (κ2) is 15.0. The molecule has 4 aromatic carbocycles. The van der Waals surface area contributed by atoms with Gasteiger partial charge in [-0.1, -0.05) is 117 Å². The normalized spacial score (nSPS) is 12.3. The minimum atomic E-state index is -0.327. The van der Waals surface area contributed by atoms with Gasteiger partial charge >= 0.3 is 0 Å². The van der Waals surface area contributed by atoms with E-state index in [0.29, 0.717) is 12.8 Å². The third kappa shape index (κ3) is 10.5. The molecule has 4 heteroatoms. The molecule has 0 saturated heterocycles. The van der Waals surface area contributed by atoms with Crippen LogP contribution in [0.1, 0.15) is 22.3 Å². The molecule has 0 amide bonds. The predicted octanol–water partition coefficient (Wildman–Crippen LogP) is 7.84. The summed E-state index contributed by atoms with van der Waals surface area (Å²) in [7, 11) is 1.78. The molecule has 4 rings (SSSR count). The summed E-state index contributed by atoms with van der Waals surface area (Å²) >= 11 is 6.94. The number of methoxy groups -OCH3 is 1. The van der Waals surface area contributed by atoms with E-state index in [-0.39, 0.29) is 12.2 Å². The molecule has 0 bridgehead atoms. The van der Waals surface area contributed by atoms with Crippen molar-refractivity contribution in [3.63, 3.8) is 0 Å². The van der Waals surface area contributed by atoms with Crippen LogP contribution in [-0.2, 0) is 30.4 Å². The lowest BCUT2D eigenvalue weighted by atomic mass is 10.0. The van der Waals surface area contributed by atoms with Gasteiger partial charge in [-0.05, 0) is 72.2 Å². The standard InChI is InChI=1S/C16H17BrO.C15H15BrO/c1-18-16(11-13-6-3-2-4-7-13)12-14-8-5-9-15(17)10-14;16-14-8-4-7-13(9-14)11-15(17)10-12-5-2-1-3-6-12/h2-10,16H,11-12H2,1H3;1-9,15,17H,10-11H2/t16-;15-/m00/s1. The summed E-state index contributed by atoms with van der Waals surface area (Å²) in [4.78, 5) is 0. The first kappa shape index (κ1) is 27.3. The highest BCUT2D eigenvalue weighted by atomic mass is 79.9. The largest absolute Gasteiger partial charge is 0.392 e. The van der Waals surface area contributed by atoms with Crippen molar-refractivity contribution in [2.45, 2.75) is 37.9 Å². The minimum absolute atomic E-state index is 0.224. The summed E-state index contributed by atoms with van der Waals surface area (Å²) in [6.07, 6.45) is 3.17. The average Bonchev–Trinajstić information content (AvgIpc) is 2.85. The molecule has 0 fully saturated rings. The highest BCUT2D eigenvalue weighted by Crippen LogP contribution is 2.16. The van der Waals surface area contributed by atoms with Gasteiger partial charge in [0.1, 0.15) is 0 Å². The highest BCUT2D eigenvalue weighted by molar-refractivity contribution is 9.10. The summed E-state index contributed by atoms with van der Waals surface area (Å²) in [5, 5.41) is 10.0. The Labute approximate surface area is 226 Å². The molecular weight excluding hydrogens is 564 g/mol. The molecule has 35 heavy (non-hydrogen) atoms. The Bertz CT molecular complexity index is 1130. The summed E-state index contributed by atoms with van der Waals surface area (Å²) < 4.78 is 7.76. The maximum absolute atomic E-state index is 10.0. The lowest BCUT2D eigenvalue weighted by Crippen LogP contribution is -2.17. The Morgan fingerprint density at radius 2 is 0.971 bits per heavy atom. The van der Waals surface area contributed by atoms with Crippen molar-refractivity contribution in [1.29, 1.82) is 0 Å². The molecule has 2 atom stereocenters. The molecule has 0 aliphatic rings. The second-order valence-electron chi connectivity index (χ2n) is 8.56. The van der Waals surface area contributed by atoms with Crippen molar-refractivity contribution >= 4 is 31.9 Å². The third-order valence-electron chi connectivity index (χ3n) is 5.67. The van der Waals surface area contributed by atoms with Gasteiger partial charge in [0.05, 0.1) is 12.2 Å². The van der Waals surface area contributed by atoms with E-state index in [2.05, 4.69) is 74.3 Å². The molecule has 0 heterocycles. The number of rotatable bonds is 9. The number of hydrogen-bond acceptors (Lipinski definition) is 2. The monoisotopic (exact) mass is 594 g/mol. The topological polar surface area (TPSA) is 29.5 Å². The Morgan fingerprint density at radius 3 is 1.46 bits per heavy atom. The van der Waals surface area contributed by atoms with Crippen LogP contribution in [0.15, 0.2) is 118 Å². The van der Waals surface area contributed by atoms with E-state index in [9.17, 15) is 5.11 Å². The van der Waals surface area contributed by atoms with Crippen molar-refractivity contribution in [2.24, 2.45) is 0 Å². The van der Waals surface area contributed by atoms with Crippen molar-refractivity contribution in [3.8, 4) is 0 Å². The van der Waals surface area contributed by atoms with Gasteiger partial charge in [0.15, 0.2) is 0 Å². The van der Waals surface area contributed by atoms with Gasteiger partial charge in [-0.15, -0.1) is 0 Å². The molecule has 0 aromatic heterocycles. The van der Waals surface area contributed by atoms with Crippen molar-refractivity contribution < 1.29 is 9.84 Å². The summed E-state index contributed by atoms with van der Waals surface area (Å²) in [5.74, 6) is 0. The van der Waals surface area contributed by atoms with Crippen LogP contribution in [0.25, 0.3) is 0 Å². The van der Waals surface area contributed by atoms with Crippen molar-refractivity contribution in [3.05, 3.63) is 140 Å². The van der Waals surface area contributed by atoms with E-state index in [1.54, 1.807) is 7.11 Å². The maximum Gasteiger partial charge on any atom is 0.0651 e. The number of aliphatic hydroxyl groups excluding tert-OH is 1. The van der Waals surface area contributed by atoms with Gasteiger partial charge in [0.2, 0.25) is 0 Å². The molecule has 0 saturated carbocycles. The van der Waals surface area contributed by atoms with Crippen LogP contribution in [0.2, 0.25) is 0 Å². The van der Waals surface area contributed by atoms with Crippen molar-refractivity contribution in [1.82, 2.24) is 0 Å². The zero-order chi connectivity index (χ0) is 24.9. The maximum atomic E-state index is 10.0. The summed E-state index contributed by atoms with van der Waals surface area (Å²) in [6, 6.07) is 37.0. The van der Waals surface area contributed by atoms with E-state index in [1.807, 2.05) is 66.7 Å². The van der Waals surface area contributed by atoms with Gasteiger partial charge in [0, 0.05) is 16.1 Å². The number of ether oxygens (including phenoxy) is 1. The van der Waals surface area contributed by atoms with Gasteiger partial charge in [-0.2, -0.15) is 0 Å². The first-order chi connectivity index (χ1) is 17.0. The highest BCUT2D eigenvalue weighted by Gasteiger charge is 2.10. The Morgan fingerprint density at radius 1 is 0.571 bits per heavy atom. The molecule has 0 radical (unpaired) electrons. The fraction of sp³-hybridized carbons (Fsp3) is 0.226. The summed E-state index contributed by atoms with van der Waals surface area (Å²) in [6.45, 7) is 0. The smallest absolute Gasteiger partial charge is 0.0651 e. The van der Waals surface area contributed by atoms with Gasteiger partial charge in [-0.3, -0.25) is 0 Å². The second-order valence-corrected chi connectivity index (χ2v) is 10.4. The average molecular weight is 596 g/mol. The zero-order valence-electron chi connectivity index (χ0n) is 20.0. The zero-order valence-corrected chi connectivity index (χ0v) is 23.2. The van der Waals surface area contributed by atoms with Gasteiger partial charge in [-0.25, -0.2) is 0 Å². The van der Waals surface area contributed by atoms with Crippen LogP contribution in [0.5, 0.6) is 0 Å². The SMILES string of the molecule is CO[C@@H](Cc1ccccc1)Cc1cccc(Br)c1.O[C@@H](Cc1ccccc1)Cc1cccc(Br)c1. The van der Waals surface area contributed by atoms with E-state index in [0.717, 1.165) is 27.4 Å². The van der Waals surface area contributed by atoms with Crippen LogP contribution in [0.4, 0.5) is 0 Å². The lowest BCUT2D eigenvalue weighted by molar-refractivity contribution is 0.103. The fourth-order valence-corrected chi connectivity index (χ4v) is 4.83. The van der Waals surface area contributed by atoms with Crippen LogP contribution in [-0.4, -0.2) is 24.4 Å². The Kier molecular flexibility index (Phi) is 11.7. The molecule has 0 aliphatic heterocycles. The number of halogens is 2. The molecule has 182 valence electrons. The number of benzene rings is 4. The van der Waals surface area contributed by atoms with Gasteiger partial charge in [0.25, 0.3) is 0 Å². The van der Waals surface area contributed by atoms with Crippen LogP contribution in [0, 0.1) is 0 Å². The predicted molar refractivity (Wildman–Crippen MR) is 153 cm³/mol.